The van der Waals surface area contributed by atoms with Gasteiger partial charge in [-0.3, -0.25) is 14.2 Å². The highest BCUT2D eigenvalue weighted by Crippen LogP contribution is 2.47. The van der Waals surface area contributed by atoms with E-state index in [9.17, 15) is 14.2 Å². The van der Waals surface area contributed by atoms with Crippen molar-refractivity contribution in [2.24, 2.45) is 0 Å². The first kappa shape index (κ1) is 26.3. The fourth-order valence-electron chi connectivity index (χ4n) is 3.98. The van der Waals surface area contributed by atoms with Crippen molar-refractivity contribution >= 4 is 18.7 Å². The van der Waals surface area contributed by atoms with Crippen LogP contribution in [0.1, 0.15) is 36.5 Å². The van der Waals surface area contributed by atoms with Gasteiger partial charge in [0.1, 0.15) is 11.5 Å². The number of benzene rings is 2. The molecule has 0 aliphatic heterocycles. The average molecular weight is 519 g/mol. The zero-order valence-corrected chi connectivity index (χ0v) is 21.4. The molecule has 0 saturated heterocycles. The maximum absolute atomic E-state index is 13.6. The van der Waals surface area contributed by atoms with E-state index in [2.05, 4.69) is 20.2 Å². The van der Waals surface area contributed by atoms with Gasteiger partial charge in [-0.2, -0.15) is 5.10 Å². The third kappa shape index (κ3) is 6.14. The Morgan fingerprint density at radius 2 is 1.62 bits per heavy atom. The summed E-state index contributed by atoms with van der Waals surface area (Å²) < 4.78 is 24.0. The molecule has 1 N–H and O–H groups in total. The topological polar surface area (TPSA) is 124 Å². The Kier molecular flexibility index (Phi) is 8.50. The summed E-state index contributed by atoms with van der Waals surface area (Å²) in [6.07, 6.45) is 2.80. The Hall–Kier alpha value is -3.78. The van der Waals surface area contributed by atoms with E-state index in [4.69, 9.17) is 9.05 Å². The van der Waals surface area contributed by atoms with E-state index in [0.717, 1.165) is 5.56 Å². The molecule has 0 bridgehead atoms. The molecule has 0 radical (unpaired) electrons. The molecular weight excluding hydrogens is 491 g/mol. The molecule has 1 unspecified atom stereocenters. The number of ketones is 1. The summed E-state index contributed by atoms with van der Waals surface area (Å²) >= 11 is 0. The van der Waals surface area contributed by atoms with Gasteiger partial charge in [-0.15, -0.1) is 5.10 Å². The van der Waals surface area contributed by atoms with E-state index >= 15 is 0 Å². The number of hydrogen-bond donors (Lipinski definition) is 1. The maximum atomic E-state index is 13.6. The normalized spacial score (nSPS) is 12.3. The van der Waals surface area contributed by atoms with E-state index in [1.165, 1.54) is 12.4 Å². The van der Waals surface area contributed by atoms with Gasteiger partial charge in [-0.1, -0.05) is 42.5 Å². The van der Waals surface area contributed by atoms with Gasteiger partial charge in [-0.25, -0.2) is 4.98 Å². The van der Waals surface area contributed by atoms with Gasteiger partial charge in [0.2, 0.25) is 0 Å². The van der Waals surface area contributed by atoms with Crippen molar-refractivity contribution in [2.75, 3.05) is 13.2 Å². The predicted molar refractivity (Wildman–Crippen MR) is 140 cm³/mol. The van der Waals surface area contributed by atoms with Crippen LogP contribution in [-0.2, 0) is 24.8 Å². The largest absolute Gasteiger partial charge is 0.361 e. The van der Waals surface area contributed by atoms with Crippen molar-refractivity contribution in [1.82, 2.24) is 20.2 Å². The maximum Gasteiger partial charge on any atom is 0.361 e. The van der Waals surface area contributed by atoms with Gasteiger partial charge in [0.05, 0.1) is 24.4 Å². The van der Waals surface area contributed by atoms with Crippen LogP contribution in [0.15, 0.2) is 83.9 Å². The van der Waals surface area contributed by atoms with Crippen molar-refractivity contribution < 1.29 is 18.4 Å². The van der Waals surface area contributed by atoms with Gasteiger partial charge in [-0.05, 0) is 49.2 Å². The number of carbonyl (C=O) groups excluding carboxylic acids is 1. The number of nitrogens with one attached hydrogen (secondary N) is 1. The van der Waals surface area contributed by atoms with Gasteiger partial charge in [0.25, 0.3) is 5.56 Å². The van der Waals surface area contributed by atoms with Crippen LogP contribution in [0.2, 0.25) is 0 Å². The molecule has 10 heteroatoms. The molecule has 0 saturated carbocycles. The summed E-state index contributed by atoms with van der Waals surface area (Å²) in [4.78, 5) is 33.3. The molecule has 4 rings (SSSR count). The zero-order chi connectivity index (χ0) is 26.3. The van der Waals surface area contributed by atoms with Gasteiger partial charge >= 0.3 is 7.60 Å². The van der Waals surface area contributed by atoms with Crippen molar-refractivity contribution in [3.05, 3.63) is 106 Å². The second-order valence-corrected chi connectivity index (χ2v) is 10.1. The van der Waals surface area contributed by atoms with Crippen LogP contribution in [0.3, 0.4) is 0 Å². The van der Waals surface area contributed by atoms with E-state index < -0.39 is 19.1 Å². The molecule has 9 nitrogen and oxygen atoms in total. The van der Waals surface area contributed by atoms with E-state index in [1.807, 2.05) is 30.3 Å². The first-order valence-electron chi connectivity index (χ1n) is 11.9. The fraction of sp³-hybridized carbons (Fsp3) is 0.222. The molecule has 37 heavy (non-hydrogen) atoms. The van der Waals surface area contributed by atoms with Crippen molar-refractivity contribution in [2.45, 2.75) is 26.2 Å². The van der Waals surface area contributed by atoms with Gasteiger partial charge in [0.15, 0.2) is 5.82 Å². The Labute approximate surface area is 214 Å². The molecule has 4 aromatic rings. The molecule has 0 spiro atoms. The first-order chi connectivity index (χ1) is 17.9. The molecule has 2 aromatic carbocycles. The van der Waals surface area contributed by atoms with Crippen LogP contribution in [0.5, 0.6) is 0 Å². The Balaban J connectivity index is 1.64. The molecule has 0 aliphatic carbocycles. The van der Waals surface area contributed by atoms with E-state index in [1.54, 1.807) is 50.2 Å². The van der Waals surface area contributed by atoms with Crippen molar-refractivity contribution in [3.8, 4) is 11.5 Å². The van der Waals surface area contributed by atoms with Crippen LogP contribution in [-0.4, -0.2) is 39.2 Å². The van der Waals surface area contributed by atoms with E-state index in [0.29, 0.717) is 16.6 Å². The quantitative estimate of drug-likeness (QED) is 0.295. The number of carbonyl (C=O) groups is 1. The number of hydrogen-bond acceptors (Lipinski definition) is 8. The molecular formula is C27H27N4O5P. The third-order valence-corrected chi connectivity index (χ3v) is 7.78. The minimum atomic E-state index is -3.46. The Morgan fingerprint density at radius 3 is 2.22 bits per heavy atom. The summed E-state index contributed by atoms with van der Waals surface area (Å²) in [6, 6.07) is 19.5. The third-order valence-electron chi connectivity index (χ3n) is 5.65. The van der Waals surface area contributed by atoms with Crippen molar-refractivity contribution in [3.63, 3.8) is 0 Å². The summed E-state index contributed by atoms with van der Waals surface area (Å²) in [5.41, 5.74) is 1.72. The minimum absolute atomic E-state index is 0.124. The number of nitrogens with zero attached hydrogens (tertiary/aromatic N) is 3. The Bertz CT molecular complexity index is 1430. The van der Waals surface area contributed by atoms with Crippen molar-refractivity contribution in [1.29, 1.82) is 0 Å². The monoisotopic (exact) mass is 518 g/mol. The average Bonchev–Trinajstić information content (AvgIpc) is 2.92. The Morgan fingerprint density at radius 1 is 0.946 bits per heavy atom. The lowest BCUT2D eigenvalue weighted by Gasteiger charge is -2.20. The smallest absolute Gasteiger partial charge is 0.305 e. The lowest BCUT2D eigenvalue weighted by Crippen LogP contribution is -2.23. The standard InChI is InChI=1S/C27H27N4O5P/c1-3-35-37(34,36-4-2)22-14-12-20(13-15-22)25(19-9-6-5-7-10-19)24(32)17-21-18-28-26(30-27(21)33)23-11-8-16-29-31-23/h5-16,18,25H,3-4,17H2,1-2H3,(H,28,30,33). The highest BCUT2D eigenvalue weighted by Gasteiger charge is 2.28. The fourth-order valence-corrected chi connectivity index (χ4v) is 5.55. The lowest BCUT2D eigenvalue weighted by molar-refractivity contribution is -0.119. The summed E-state index contributed by atoms with van der Waals surface area (Å²) in [5, 5.41) is 8.16. The number of H-pyrrole nitrogens is 1. The number of Topliss-reactive ketones (excluding diaryl/α,β-unsaturated/α-hetero) is 1. The highest BCUT2D eigenvalue weighted by atomic mass is 31.2. The second-order valence-electron chi connectivity index (χ2n) is 8.11. The molecule has 2 aromatic heterocycles. The van der Waals surface area contributed by atoms with Crippen LogP contribution in [0, 0.1) is 0 Å². The van der Waals surface area contributed by atoms with Gasteiger partial charge < -0.3 is 14.0 Å². The second kappa shape index (κ2) is 12.0. The summed E-state index contributed by atoms with van der Waals surface area (Å²) in [5.74, 6) is -0.554. The van der Waals surface area contributed by atoms with Crippen LogP contribution < -0.4 is 10.9 Å². The van der Waals surface area contributed by atoms with Crippen LogP contribution in [0.4, 0.5) is 0 Å². The van der Waals surface area contributed by atoms with Gasteiger partial charge in [0, 0.05) is 24.4 Å². The molecule has 0 fully saturated rings. The molecule has 2 heterocycles. The number of aromatic nitrogens is 4. The number of rotatable bonds is 11. The van der Waals surface area contributed by atoms with E-state index in [-0.39, 0.29) is 36.8 Å². The minimum Gasteiger partial charge on any atom is -0.305 e. The molecule has 0 aliphatic rings. The summed E-state index contributed by atoms with van der Waals surface area (Å²) in [6.45, 7) is 3.98. The molecule has 0 amide bonds. The highest BCUT2D eigenvalue weighted by molar-refractivity contribution is 7.62. The SMILES string of the molecule is CCOP(=O)(OCC)c1ccc(C(C(=O)Cc2cnc(-c3cccnn3)[nH]c2=O)c2ccccc2)cc1. The molecule has 190 valence electrons. The zero-order valence-electron chi connectivity index (χ0n) is 20.5. The molecule has 1 atom stereocenters. The first-order valence-corrected chi connectivity index (χ1v) is 13.4. The van der Waals surface area contributed by atoms with Crippen LogP contribution in [0.25, 0.3) is 11.5 Å². The predicted octanol–water partition coefficient (Wildman–Crippen LogP) is 4.06. The summed E-state index contributed by atoms with van der Waals surface area (Å²) in [7, 11) is -3.46. The lowest BCUT2D eigenvalue weighted by atomic mass is 9.85. The number of aromatic amines is 1. The van der Waals surface area contributed by atoms with Crippen LogP contribution >= 0.6 is 7.60 Å².